The number of hydrogen-bond acceptors (Lipinski definition) is 3. The van der Waals surface area contributed by atoms with E-state index >= 15 is 0 Å². The minimum atomic E-state index is -0.587. The van der Waals surface area contributed by atoms with Gasteiger partial charge < -0.3 is 15.0 Å². The van der Waals surface area contributed by atoms with Gasteiger partial charge in [-0.2, -0.15) is 0 Å². The minimum Gasteiger partial charge on any atom is -0.385 e. The van der Waals surface area contributed by atoms with Crippen molar-refractivity contribution in [2.75, 3.05) is 20.3 Å². The van der Waals surface area contributed by atoms with Crippen molar-refractivity contribution >= 4 is 11.8 Å². The van der Waals surface area contributed by atoms with Gasteiger partial charge in [0.1, 0.15) is 11.6 Å². The zero-order valence-corrected chi connectivity index (χ0v) is 12.8. The fourth-order valence-corrected chi connectivity index (χ4v) is 3.44. The van der Waals surface area contributed by atoms with E-state index in [2.05, 4.69) is 5.32 Å². The highest BCUT2D eigenvalue weighted by Gasteiger charge is 2.53. The number of nitrogens with zero attached hydrogens (tertiary/aromatic N) is 1. The minimum absolute atomic E-state index is 0.0470. The summed E-state index contributed by atoms with van der Waals surface area (Å²) in [5, 5.41) is 2.96. The first kappa shape index (κ1) is 15.3. The Morgan fingerprint density at radius 3 is 2.55 bits per heavy atom. The summed E-state index contributed by atoms with van der Waals surface area (Å²) in [6.07, 6.45) is 4.41. The van der Waals surface area contributed by atoms with Crippen LogP contribution in [0.25, 0.3) is 0 Å². The van der Waals surface area contributed by atoms with Gasteiger partial charge in [0, 0.05) is 20.3 Å². The number of piperazine rings is 1. The first-order valence-electron chi connectivity index (χ1n) is 7.64. The second-order valence-electron chi connectivity index (χ2n) is 6.27. The van der Waals surface area contributed by atoms with Gasteiger partial charge in [0.25, 0.3) is 0 Å². The van der Waals surface area contributed by atoms with Crippen molar-refractivity contribution in [1.29, 1.82) is 0 Å². The topological polar surface area (TPSA) is 58.6 Å². The fourth-order valence-electron chi connectivity index (χ4n) is 3.44. The van der Waals surface area contributed by atoms with Gasteiger partial charge >= 0.3 is 0 Å². The molecule has 2 amide bonds. The van der Waals surface area contributed by atoms with Crippen LogP contribution in [0.4, 0.5) is 0 Å². The van der Waals surface area contributed by atoms with Crippen LogP contribution in [-0.4, -0.2) is 48.6 Å². The molecule has 1 atom stereocenters. The molecule has 1 saturated carbocycles. The Morgan fingerprint density at radius 1 is 1.35 bits per heavy atom. The van der Waals surface area contributed by atoms with E-state index in [0.717, 1.165) is 32.1 Å². The van der Waals surface area contributed by atoms with Gasteiger partial charge in [-0.3, -0.25) is 9.59 Å². The molecule has 2 rings (SSSR count). The summed E-state index contributed by atoms with van der Waals surface area (Å²) >= 11 is 0. The highest BCUT2D eigenvalue weighted by Crippen LogP contribution is 2.38. The predicted molar refractivity (Wildman–Crippen MR) is 76.2 cm³/mol. The van der Waals surface area contributed by atoms with Crippen LogP contribution in [0, 0.1) is 5.92 Å². The van der Waals surface area contributed by atoms with E-state index in [4.69, 9.17) is 4.74 Å². The van der Waals surface area contributed by atoms with E-state index < -0.39 is 5.54 Å². The highest BCUT2D eigenvalue weighted by molar-refractivity contribution is 6.00. The molecule has 1 N–H and O–H groups in total. The molecule has 2 aliphatic rings. The largest absolute Gasteiger partial charge is 0.385 e. The molecule has 1 heterocycles. The maximum Gasteiger partial charge on any atom is 0.246 e. The first-order valence-corrected chi connectivity index (χ1v) is 7.64. The smallest absolute Gasteiger partial charge is 0.246 e. The van der Waals surface area contributed by atoms with Crippen molar-refractivity contribution in [2.24, 2.45) is 5.92 Å². The molecule has 114 valence electrons. The molecule has 1 aliphatic heterocycles. The highest BCUT2D eigenvalue weighted by atomic mass is 16.5. The average Bonchev–Trinajstić information content (AvgIpc) is 2.88. The van der Waals surface area contributed by atoms with Crippen molar-refractivity contribution in [1.82, 2.24) is 10.2 Å². The van der Waals surface area contributed by atoms with Gasteiger partial charge in [0.05, 0.1) is 0 Å². The third-order valence-corrected chi connectivity index (χ3v) is 4.59. The number of nitrogens with one attached hydrogen (secondary N) is 1. The predicted octanol–water partition coefficient (Wildman–Crippen LogP) is 1.32. The molecule has 5 heteroatoms. The number of carbonyl (C=O) groups is 2. The third kappa shape index (κ3) is 2.55. The molecule has 5 nitrogen and oxygen atoms in total. The van der Waals surface area contributed by atoms with Crippen molar-refractivity contribution in [3.8, 4) is 0 Å². The van der Waals surface area contributed by atoms with E-state index in [0.29, 0.717) is 13.2 Å². The number of hydrogen-bond donors (Lipinski definition) is 1. The van der Waals surface area contributed by atoms with Crippen LogP contribution in [0.15, 0.2) is 0 Å². The molecule has 0 aromatic rings. The molecular weight excluding hydrogens is 256 g/mol. The molecule has 0 bridgehead atoms. The van der Waals surface area contributed by atoms with Gasteiger partial charge in [0.2, 0.25) is 11.8 Å². The molecule has 0 aromatic heterocycles. The second kappa shape index (κ2) is 6.12. The molecule has 20 heavy (non-hydrogen) atoms. The van der Waals surface area contributed by atoms with Crippen LogP contribution in [-0.2, 0) is 14.3 Å². The Morgan fingerprint density at radius 2 is 2.00 bits per heavy atom. The van der Waals surface area contributed by atoms with Crippen LogP contribution >= 0.6 is 0 Å². The van der Waals surface area contributed by atoms with Crippen LogP contribution in [0.2, 0.25) is 0 Å². The van der Waals surface area contributed by atoms with Crippen LogP contribution in [0.1, 0.15) is 46.0 Å². The lowest BCUT2D eigenvalue weighted by atomic mass is 9.86. The summed E-state index contributed by atoms with van der Waals surface area (Å²) in [7, 11) is 1.66. The Kier molecular flexibility index (Phi) is 4.68. The summed E-state index contributed by atoms with van der Waals surface area (Å²) in [6, 6.07) is -0.378. The lowest BCUT2D eigenvalue weighted by molar-refractivity contribution is -0.158. The molecule has 1 saturated heterocycles. The quantitative estimate of drug-likeness (QED) is 0.774. The molecule has 1 unspecified atom stereocenters. The summed E-state index contributed by atoms with van der Waals surface area (Å²) in [6.45, 7) is 5.18. The van der Waals surface area contributed by atoms with E-state index in [-0.39, 0.29) is 23.8 Å². The van der Waals surface area contributed by atoms with Gasteiger partial charge in [-0.25, -0.2) is 0 Å². The zero-order chi connectivity index (χ0) is 14.8. The lowest BCUT2D eigenvalue weighted by Gasteiger charge is -2.47. The molecule has 0 radical (unpaired) electrons. The van der Waals surface area contributed by atoms with E-state index in [1.807, 2.05) is 18.7 Å². The second-order valence-corrected chi connectivity index (χ2v) is 6.27. The summed E-state index contributed by atoms with van der Waals surface area (Å²) in [5.41, 5.74) is -0.587. The maximum absolute atomic E-state index is 12.7. The van der Waals surface area contributed by atoms with Gasteiger partial charge in [-0.05, 0) is 25.2 Å². The Bertz CT molecular complexity index is 375. The summed E-state index contributed by atoms with van der Waals surface area (Å²) in [5.74, 6) is 0.249. The van der Waals surface area contributed by atoms with E-state index in [1.165, 1.54) is 0 Å². The molecule has 1 aliphatic carbocycles. The standard InChI is InChI=1S/C15H26N2O3/c1-11(2)12-13(18)17(9-6-10-20-3)15(14(19)16-12)7-4-5-8-15/h11-12H,4-10H2,1-3H3,(H,16,19). The number of carbonyl (C=O) groups excluding carboxylic acids is 2. The Labute approximate surface area is 121 Å². The van der Waals surface area contributed by atoms with Crippen LogP contribution < -0.4 is 5.32 Å². The normalized spacial score (nSPS) is 25.6. The van der Waals surface area contributed by atoms with Gasteiger partial charge in [-0.15, -0.1) is 0 Å². The van der Waals surface area contributed by atoms with Crippen LogP contribution in [0.5, 0.6) is 0 Å². The maximum atomic E-state index is 12.7. The van der Waals surface area contributed by atoms with E-state index in [9.17, 15) is 9.59 Å². The summed E-state index contributed by atoms with van der Waals surface area (Å²) < 4.78 is 5.08. The monoisotopic (exact) mass is 282 g/mol. The molecule has 1 spiro atoms. The summed E-state index contributed by atoms with van der Waals surface area (Å²) in [4.78, 5) is 27.2. The fraction of sp³-hybridized carbons (Fsp3) is 0.867. The van der Waals surface area contributed by atoms with Crippen molar-refractivity contribution in [3.63, 3.8) is 0 Å². The van der Waals surface area contributed by atoms with Gasteiger partial charge in [-0.1, -0.05) is 26.7 Å². The Balaban J connectivity index is 2.21. The van der Waals surface area contributed by atoms with E-state index in [1.54, 1.807) is 7.11 Å². The zero-order valence-electron chi connectivity index (χ0n) is 12.8. The average molecular weight is 282 g/mol. The number of amides is 2. The number of ether oxygens (including phenoxy) is 1. The lowest BCUT2D eigenvalue weighted by Crippen LogP contribution is -2.70. The first-order chi connectivity index (χ1) is 9.53. The van der Waals surface area contributed by atoms with Crippen molar-refractivity contribution < 1.29 is 14.3 Å². The third-order valence-electron chi connectivity index (χ3n) is 4.59. The molecule has 2 fully saturated rings. The van der Waals surface area contributed by atoms with Crippen LogP contribution in [0.3, 0.4) is 0 Å². The van der Waals surface area contributed by atoms with Gasteiger partial charge in [0.15, 0.2) is 0 Å². The number of methoxy groups -OCH3 is 1. The molecule has 0 aromatic carbocycles. The van der Waals surface area contributed by atoms with Crippen molar-refractivity contribution in [2.45, 2.75) is 57.5 Å². The number of rotatable bonds is 5. The molecular formula is C15H26N2O3. The SMILES string of the molecule is COCCCN1C(=O)C(C(C)C)NC(=O)C12CCCC2. The van der Waals surface area contributed by atoms with Crippen molar-refractivity contribution in [3.05, 3.63) is 0 Å². The Hall–Kier alpha value is -1.10.